The van der Waals surface area contributed by atoms with Crippen LogP contribution in [0.5, 0.6) is 0 Å². The number of thioether (sulfide) groups is 2. The zero-order chi connectivity index (χ0) is 72.3. The Kier molecular flexibility index (Phi) is 28.0. The van der Waals surface area contributed by atoms with Crippen LogP contribution in [-0.2, 0) is 52.5 Å². The molecule has 0 aliphatic heterocycles. The van der Waals surface area contributed by atoms with Gasteiger partial charge in [-0.25, -0.2) is 0 Å². The van der Waals surface area contributed by atoms with Crippen LogP contribution >= 0.6 is 39.5 Å². The van der Waals surface area contributed by atoms with E-state index in [1.165, 1.54) is 81.9 Å². The molecule has 3 aromatic rings. The molecule has 25 atom stereocenters. The van der Waals surface area contributed by atoms with Crippen molar-refractivity contribution in [2.24, 2.45) is 121 Å². The molecule has 0 spiro atoms. The Morgan fingerprint density at radius 3 is 1.17 bits per heavy atom. The maximum Gasteiger partial charge on any atom is 0.157 e. The number of aliphatic hydroxyl groups is 3. The lowest BCUT2D eigenvalue weighted by atomic mass is 9.43. The van der Waals surface area contributed by atoms with E-state index >= 15 is 0 Å². The summed E-state index contributed by atoms with van der Waals surface area (Å²) in [5.41, 5.74) is -0.537. The molecule has 20 heteroatoms. The number of nitrogens with one attached hydrogen (secondary N) is 1. The van der Waals surface area contributed by atoms with Crippen molar-refractivity contribution < 1.29 is 48.1 Å². The fraction of sp³-hybridized carbons (Fsp3) is 0.857. The van der Waals surface area contributed by atoms with Crippen molar-refractivity contribution in [1.29, 1.82) is 0 Å². The van der Waals surface area contributed by atoms with Crippen LogP contribution in [-0.4, -0.2) is 149 Å². The molecule has 0 radical (unpaired) electrons. The summed E-state index contributed by atoms with van der Waals surface area (Å²) in [6, 6.07) is 0. The van der Waals surface area contributed by atoms with Gasteiger partial charge in [0.1, 0.15) is 5.78 Å². The highest BCUT2D eigenvalue weighted by molar-refractivity contribution is 9.09. The molecule has 1 unspecified atom stereocenters. The second kappa shape index (κ2) is 34.0. The summed E-state index contributed by atoms with van der Waals surface area (Å²) in [5.74, 6) is 9.34. The second-order valence-electron chi connectivity index (χ2n) is 36.7. The number of methoxy groups -OCH3 is 3. The van der Waals surface area contributed by atoms with E-state index < -0.39 is 27.6 Å². The Labute approximate surface area is 646 Å². The Bertz CT molecular complexity index is 3360. The topological polar surface area (TPSA) is 221 Å². The van der Waals surface area contributed by atoms with Gasteiger partial charge < -0.3 is 29.5 Å². The summed E-state index contributed by atoms with van der Waals surface area (Å²) in [7, 11) is 4.48. The first-order valence-corrected chi connectivity index (χ1v) is 44.4. The highest BCUT2D eigenvalue weighted by Crippen LogP contribution is 2.72. The number of hydrogen-bond acceptors (Lipinski definition) is 15. The van der Waals surface area contributed by atoms with Crippen molar-refractivity contribution in [3.05, 3.63) is 37.2 Å². The molecule has 104 heavy (non-hydrogen) atoms. The minimum Gasteiger partial charge on any atom is -0.390 e. The maximum absolute atomic E-state index is 13.5. The highest BCUT2D eigenvalue weighted by Gasteiger charge is 2.67. The summed E-state index contributed by atoms with van der Waals surface area (Å²) >= 11 is 6.78. The van der Waals surface area contributed by atoms with Crippen molar-refractivity contribution in [2.75, 3.05) is 65.2 Å². The number of ether oxygens (including phenoxy) is 3. The van der Waals surface area contributed by atoms with E-state index in [-0.39, 0.29) is 84.9 Å². The lowest BCUT2D eigenvalue weighted by Gasteiger charge is -2.62. The molecule has 16 nitrogen and oxygen atoms in total. The lowest BCUT2D eigenvalue weighted by Crippen LogP contribution is -2.58. The third-order valence-electron chi connectivity index (χ3n) is 31.6. The normalized spacial score (nSPS) is 42.9. The Balaban J connectivity index is 0.000000171. The summed E-state index contributed by atoms with van der Waals surface area (Å²) in [5, 5.41) is 48.1. The van der Waals surface area contributed by atoms with Gasteiger partial charge >= 0.3 is 0 Å². The number of fused-ring (bicyclic) bond motifs is 15. The van der Waals surface area contributed by atoms with Crippen molar-refractivity contribution in [3.8, 4) is 0 Å². The minimum atomic E-state index is -1.08. The number of nitrogens with zero attached hydrogens (tertiary/aromatic N) is 5. The molecular weight excluding hydrogens is 1430 g/mol. The van der Waals surface area contributed by atoms with Crippen LogP contribution in [0.25, 0.3) is 0 Å². The van der Waals surface area contributed by atoms with Crippen molar-refractivity contribution >= 4 is 67.6 Å². The van der Waals surface area contributed by atoms with Crippen molar-refractivity contribution in [2.45, 2.75) is 282 Å². The maximum atomic E-state index is 13.5. The van der Waals surface area contributed by atoms with Gasteiger partial charge in [-0.1, -0.05) is 59.0 Å². The minimum absolute atomic E-state index is 0. The number of alkyl halides is 1. The van der Waals surface area contributed by atoms with E-state index in [2.05, 4.69) is 57.1 Å². The largest absolute Gasteiger partial charge is 0.390 e. The van der Waals surface area contributed by atoms with Crippen LogP contribution in [0.3, 0.4) is 0 Å². The van der Waals surface area contributed by atoms with Crippen LogP contribution in [0.4, 0.5) is 0 Å². The molecule has 0 aromatic carbocycles. The first-order valence-electron chi connectivity index (χ1n) is 39.3. The molecule has 0 saturated heterocycles. The molecule has 4 N–H and O–H groups in total. The van der Waals surface area contributed by atoms with Crippen LogP contribution in [0.2, 0.25) is 0 Å². The lowest BCUT2D eigenvalue weighted by molar-refractivity contribution is -0.175. The molecule has 12 aliphatic rings. The van der Waals surface area contributed by atoms with Gasteiger partial charge in [-0.3, -0.25) is 33.1 Å². The molecule has 12 saturated carbocycles. The van der Waals surface area contributed by atoms with Gasteiger partial charge in [0.05, 0.1) is 89.3 Å². The predicted octanol–water partition coefficient (Wildman–Crippen LogP) is 17.5. The van der Waals surface area contributed by atoms with Crippen LogP contribution in [0.1, 0.15) is 237 Å². The monoisotopic (exact) mass is 1570 g/mol. The fourth-order valence-electron chi connectivity index (χ4n) is 27.0. The van der Waals surface area contributed by atoms with E-state index in [1.807, 2.05) is 77.9 Å². The number of aromatic amines is 1. The third-order valence-corrected chi connectivity index (χ3v) is 34.4. The molecule has 12 aliphatic carbocycles. The van der Waals surface area contributed by atoms with E-state index in [4.69, 9.17) is 14.2 Å². The quantitative estimate of drug-likeness (QED) is 0.0729. The highest BCUT2D eigenvalue weighted by atomic mass is 79.9. The number of ketones is 3. The molecule has 3 heterocycles. The summed E-state index contributed by atoms with van der Waals surface area (Å²) < 4.78 is 32.8. The van der Waals surface area contributed by atoms with E-state index in [9.17, 15) is 33.9 Å². The second-order valence-corrected chi connectivity index (χ2v) is 40.4. The number of hydrogen-bond donors (Lipinski definition) is 4. The van der Waals surface area contributed by atoms with Gasteiger partial charge in [-0.2, -0.15) is 15.3 Å². The first-order chi connectivity index (χ1) is 48.0. The number of carbonyl (C=O) groups is 3. The Morgan fingerprint density at radius 2 is 0.865 bits per heavy atom. The van der Waals surface area contributed by atoms with Crippen LogP contribution in [0.15, 0.2) is 51.9 Å². The van der Waals surface area contributed by atoms with Crippen molar-refractivity contribution in [3.63, 3.8) is 0 Å². The van der Waals surface area contributed by atoms with Crippen molar-refractivity contribution in [1.82, 2.24) is 29.8 Å². The Hall–Kier alpha value is -2.27. The summed E-state index contributed by atoms with van der Waals surface area (Å²) in [6.07, 6.45) is 46.4. The van der Waals surface area contributed by atoms with Gasteiger partial charge in [-0.15, -0.1) is 23.5 Å². The molecule has 0 bridgehead atoms. The molecule has 12 fully saturated rings. The number of carbonyl (C=O) groups excluding carboxylic acids is 3. The third kappa shape index (κ3) is 16.2. The molecule has 590 valence electrons. The van der Waals surface area contributed by atoms with E-state index in [0.717, 1.165) is 127 Å². The Morgan fingerprint density at radius 1 is 0.500 bits per heavy atom. The van der Waals surface area contributed by atoms with Gasteiger partial charge in [-0.05, 0) is 310 Å². The first kappa shape index (κ1) is 85.7. The van der Waals surface area contributed by atoms with Crippen LogP contribution in [0, 0.1) is 121 Å². The smallest absolute Gasteiger partial charge is 0.157 e. The van der Waals surface area contributed by atoms with Gasteiger partial charge in [0, 0.05) is 73.7 Å². The fourth-order valence-corrected chi connectivity index (χ4v) is 28.6. The summed E-state index contributed by atoms with van der Waals surface area (Å²) in [4.78, 5) is 42.6. The SMILES string of the molecule is C.C.C.COC[C@]12CC[C@@](C)(O)C[C@H]1CC[C@H]1[C@@H]3CC[C@H](C(=O)CBr)[C@@]3(C)CC[C@@H]12.COC[C@]12CC[C@@](C)(O)C[C@H]1CC[C@H]1[C@@H]3CC[C@H](C(=O)Cn4cc(S(C)=O)cn4)[C@@]3(C)CC[C@@H]12.COC[C@]12CC[C@@](C)(O)C[C@H]1CC[C@H]1[C@@H]3CC[C@H](C(=O)Cn4cc(SC)cn4)[C@@]3(C)CC[C@@H]12.CSc1cn[nH]c1. The van der Waals surface area contributed by atoms with Gasteiger partial charge in [0.2, 0.25) is 0 Å². The number of aromatic nitrogens is 6. The standard InChI is InChI=1S/C27H42N2O4S.C27H42N2O3S.C23H37BrO3.C4H6N2S.3CH4/c1-25(31)11-12-27(17-33-3)18(13-25)5-6-20-21-7-8-23(26(21,2)10-9-22(20)27)24(30)16-29-15-19(14-28-29)34(4)32;1-25(31)11-12-27(17-32-3)18(13-25)5-6-20-21-7-8-23(26(21,2)10-9-22(20)27)24(30)16-29-15-19(33-4)14-28-29;1-21(26)10-11-23(14-27-3)15(12-21)4-5-16-17-6-7-19(20(25)13-24)22(17,2)9-8-18(16)23;1-7-4-2-5-6-3-4;;;/h14-15,18,20-23,31H,5-13,16-17H2,1-4H3;14-15,18,20-23,31H,5-13,16-17H2,1-4H3;15-19,26H,4-14H2,1-3H3;2-3H,1H3,(H,5,6);3*1H4/t18-,20+,21+,22+,23-,25-,26+,27-,34?;18-,20+,21+,22+,23-,25-,26+,27-;15-,16+,17+,18+,19-,21-,22+,23-;;;;/m111..../s1. The average Bonchev–Trinajstić information content (AvgIpc) is 1.32. The number of H-pyrrole nitrogens is 1. The summed E-state index contributed by atoms with van der Waals surface area (Å²) in [6.45, 7) is 16.5. The average molecular weight is 1570 g/mol. The molecule has 15 rings (SSSR count). The van der Waals surface area contributed by atoms with E-state index in [1.54, 1.807) is 53.1 Å². The predicted molar refractivity (Wildman–Crippen MR) is 424 cm³/mol. The van der Waals surface area contributed by atoms with E-state index in [0.29, 0.717) is 93.4 Å². The van der Waals surface area contributed by atoms with Gasteiger partial charge in [0.15, 0.2) is 11.6 Å². The zero-order valence-electron chi connectivity index (χ0n) is 63.5. The van der Waals surface area contributed by atoms with Gasteiger partial charge in [0.25, 0.3) is 0 Å². The molecular formula is C84H139BrN6O10S3. The number of Topliss-reactive ketones (excluding diaryl/α,β-unsaturated/α-hetero) is 3. The molecule has 0 amide bonds. The number of rotatable bonds is 17. The van der Waals surface area contributed by atoms with Crippen LogP contribution < -0.4 is 0 Å². The molecule has 3 aromatic heterocycles. The number of halogens is 1. The zero-order valence-corrected chi connectivity index (χ0v) is 67.5.